The van der Waals surface area contributed by atoms with E-state index in [1.807, 2.05) is 20.8 Å². The minimum absolute atomic E-state index is 0.0345. The number of nitrogens with one attached hydrogen (secondary N) is 1. The van der Waals surface area contributed by atoms with E-state index in [-0.39, 0.29) is 18.9 Å². The molecule has 0 unspecified atom stereocenters. The van der Waals surface area contributed by atoms with Crippen molar-refractivity contribution < 1.29 is 14.3 Å². The monoisotopic (exact) mass is 312 g/mol. The normalized spacial score (nSPS) is 11.3. The van der Waals surface area contributed by atoms with E-state index in [2.05, 4.69) is 20.7 Å². The zero-order valence-electron chi connectivity index (χ0n) is 13.3. The number of nitrogens with zero attached hydrogens (tertiary/aromatic N) is 4. The van der Waals surface area contributed by atoms with Crippen LogP contribution in [0.5, 0.6) is 0 Å². The second kappa shape index (κ2) is 8.42. The Morgan fingerprint density at radius 2 is 2.05 bits per heavy atom. The minimum Gasteiger partial charge on any atom is -0.444 e. The SMILES string of the molecule is CC(C)(C)OC(=O)NCCCCc1nnn(CC(=O)CN)n1. The van der Waals surface area contributed by atoms with Crippen LogP contribution in [0.25, 0.3) is 0 Å². The first-order valence-corrected chi connectivity index (χ1v) is 7.25. The third-order valence-electron chi connectivity index (χ3n) is 2.54. The van der Waals surface area contributed by atoms with Gasteiger partial charge in [0.2, 0.25) is 0 Å². The first-order valence-electron chi connectivity index (χ1n) is 7.25. The van der Waals surface area contributed by atoms with E-state index in [1.165, 1.54) is 4.80 Å². The summed E-state index contributed by atoms with van der Waals surface area (Å²) in [6, 6.07) is 0. The fraction of sp³-hybridized carbons (Fsp3) is 0.769. The summed E-state index contributed by atoms with van der Waals surface area (Å²) >= 11 is 0. The molecule has 1 aromatic rings. The van der Waals surface area contributed by atoms with Gasteiger partial charge in [0.25, 0.3) is 0 Å². The fourth-order valence-corrected chi connectivity index (χ4v) is 1.58. The molecule has 0 aliphatic carbocycles. The van der Waals surface area contributed by atoms with Crippen molar-refractivity contribution in [1.82, 2.24) is 25.5 Å². The molecule has 0 atom stereocenters. The van der Waals surface area contributed by atoms with Crippen molar-refractivity contribution in [2.24, 2.45) is 5.73 Å². The number of tetrazole rings is 1. The van der Waals surface area contributed by atoms with Crippen molar-refractivity contribution in [3.05, 3.63) is 5.82 Å². The Kier molecular flexibility index (Phi) is 6.90. The molecule has 1 amide bonds. The second-order valence-corrected chi connectivity index (χ2v) is 5.86. The van der Waals surface area contributed by atoms with Crippen molar-refractivity contribution in [2.45, 2.75) is 52.2 Å². The Bertz CT molecular complexity index is 494. The lowest BCUT2D eigenvalue weighted by Gasteiger charge is -2.19. The predicted octanol–water partition coefficient (Wildman–Crippen LogP) is 0.0483. The van der Waals surface area contributed by atoms with Crippen LogP contribution >= 0.6 is 0 Å². The summed E-state index contributed by atoms with van der Waals surface area (Å²) in [6.45, 7) is 5.98. The summed E-state index contributed by atoms with van der Waals surface area (Å²) < 4.78 is 5.12. The zero-order chi connectivity index (χ0) is 16.6. The molecule has 1 aromatic heterocycles. The molecule has 0 radical (unpaired) electrons. The molecule has 0 saturated heterocycles. The maximum atomic E-state index is 11.4. The molecular weight excluding hydrogens is 288 g/mol. The van der Waals surface area contributed by atoms with Crippen molar-refractivity contribution in [3.63, 3.8) is 0 Å². The second-order valence-electron chi connectivity index (χ2n) is 5.86. The van der Waals surface area contributed by atoms with E-state index in [4.69, 9.17) is 10.5 Å². The van der Waals surface area contributed by atoms with Gasteiger partial charge in [0, 0.05) is 13.0 Å². The van der Waals surface area contributed by atoms with Gasteiger partial charge in [-0.1, -0.05) is 0 Å². The van der Waals surface area contributed by atoms with E-state index in [0.717, 1.165) is 12.8 Å². The fourth-order valence-electron chi connectivity index (χ4n) is 1.58. The van der Waals surface area contributed by atoms with Crippen LogP contribution in [0, 0.1) is 0 Å². The van der Waals surface area contributed by atoms with Gasteiger partial charge in [-0.25, -0.2) is 4.79 Å². The number of ketones is 1. The first-order chi connectivity index (χ1) is 10.3. The molecule has 0 saturated carbocycles. The van der Waals surface area contributed by atoms with Gasteiger partial charge in [-0.15, -0.1) is 10.2 Å². The molecule has 0 spiro atoms. The highest BCUT2D eigenvalue weighted by Gasteiger charge is 2.15. The highest BCUT2D eigenvalue weighted by atomic mass is 16.6. The summed E-state index contributed by atoms with van der Waals surface area (Å²) in [4.78, 5) is 23.8. The molecule has 22 heavy (non-hydrogen) atoms. The topological polar surface area (TPSA) is 125 Å². The Labute approximate surface area is 129 Å². The molecule has 124 valence electrons. The Morgan fingerprint density at radius 3 is 2.68 bits per heavy atom. The van der Waals surface area contributed by atoms with E-state index in [9.17, 15) is 9.59 Å². The maximum absolute atomic E-state index is 11.4. The van der Waals surface area contributed by atoms with Crippen molar-refractivity contribution in [2.75, 3.05) is 13.1 Å². The van der Waals surface area contributed by atoms with Gasteiger partial charge >= 0.3 is 6.09 Å². The minimum atomic E-state index is -0.493. The number of hydrogen-bond donors (Lipinski definition) is 2. The summed E-state index contributed by atoms with van der Waals surface area (Å²) in [6.07, 6.45) is 1.78. The van der Waals surface area contributed by atoms with Crippen LogP contribution in [0.3, 0.4) is 0 Å². The molecule has 0 bridgehead atoms. The van der Waals surface area contributed by atoms with Crippen LogP contribution in [0.1, 0.15) is 39.4 Å². The molecule has 0 fully saturated rings. The number of ether oxygens (including phenoxy) is 1. The number of nitrogens with two attached hydrogens (primary N) is 1. The number of Topliss-reactive ketones (excluding diaryl/α,β-unsaturated/α-hetero) is 1. The molecule has 0 aromatic carbocycles. The van der Waals surface area contributed by atoms with Gasteiger partial charge in [-0.3, -0.25) is 4.79 Å². The lowest BCUT2D eigenvalue weighted by atomic mass is 10.2. The predicted molar refractivity (Wildman–Crippen MR) is 79.1 cm³/mol. The Balaban J connectivity index is 2.17. The van der Waals surface area contributed by atoms with Gasteiger partial charge in [-0.2, -0.15) is 4.80 Å². The standard InChI is InChI=1S/C13H24N6O3/c1-13(2,3)22-12(21)15-7-5-4-6-11-16-18-19(17-11)9-10(20)8-14/h4-9,14H2,1-3H3,(H,15,21). The van der Waals surface area contributed by atoms with Gasteiger partial charge in [0.05, 0.1) is 6.54 Å². The summed E-state index contributed by atoms with van der Waals surface area (Å²) in [5.74, 6) is 0.424. The molecule has 3 N–H and O–H groups in total. The molecule has 0 aliphatic heterocycles. The number of unbranched alkanes of at least 4 members (excludes halogenated alkanes) is 1. The largest absolute Gasteiger partial charge is 0.444 e. The third kappa shape index (κ3) is 7.67. The van der Waals surface area contributed by atoms with E-state index < -0.39 is 11.7 Å². The average Bonchev–Trinajstić information content (AvgIpc) is 2.83. The number of aryl methyl sites for hydroxylation is 1. The summed E-state index contributed by atoms with van der Waals surface area (Å²) in [5, 5.41) is 14.4. The lowest BCUT2D eigenvalue weighted by molar-refractivity contribution is -0.118. The smallest absolute Gasteiger partial charge is 0.407 e. The highest BCUT2D eigenvalue weighted by Crippen LogP contribution is 2.06. The van der Waals surface area contributed by atoms with Crippen LogP contribution in [0.4, 0.5) is 4.79 Å². The van der Waals surface area contributed by atoms with Gasteiger partial charge in [0.1, 0.15) is 12.1 Å². The quantitative estimate of drug-likeness (QED) is 0.649. The first kappa shape index (κ1) is 18.0. The number of carbonyl (C=O) groups is 2. The number of hydrogen-bond acceptors (Lipinski definition) is 7. The Morgan fingerprint density at radius 1 is 1.32 bits per heavy atom. The molecule has 0 aliphatic rings. The van der Waals surface area contributed by atoms with Gasteiger partial charge in [-0.05, 0) is 38.8 Å². The summed E-state index contributed by atoms with van der Waals surface area (Å²) in [7, 11) is 0. The average molecular weight is 312 g/mol. The van der Waals surface area contributed by atoms with Crippen molar-refractivity contribution >= 4 is 11.9 Å². The number of carbonyl (C=O) groups excluding carboxylic acids is 2. The molecule has 1 heterocycles. The molecule has 1 rings (SSSR count). The molecular formula is C13H24N6O3. The van der Waals surface area contributed by atoms with Crippen molar-refractivity contribution in [3.8, 4) is 0 Å². The number of rotatable bonds is 8. The van der Waals surface area contributed by atoms with Crippen LogP contribution in [-0.2, 0) is 22.5 Å². The number of amides is 1. The molecule has 9 heteroatoms. The zero-order valence-corrected chi connectivity index (χ0v) is 13.3. The van der Waals surface area contributed by atoms with E-state index in [1.54, 1.807) is 0 Å². The van der Waals surface area contributed by atoms with E-state index in [0.29, 0.717) is 18.8 Å². The van der Waals surface area contributed by atoms with Crippen LogP contribution in [0.15, 0.2) is 0 Å². The molecule has 9 nitrogen and oxygen atoms in total. The third-order valence-corrected chi connectivity index (χ3v) is 2.54. The number of aromatic nitrogens is 4. The highest BCUT2D eigenvalue weighted by molar-refractivity contribution is 5.79. The van der Waals surface area contributed by atoms with Gasteiger partial charge < -0.3 is 15.8 Å². The van der Waals surface area contributed by atoms with Crippen LogP contribution in [0.2, 0.25) is 0 Å². The number of alkyl carbamates (subject to hydrolysis) is 1. The maximum Gasteiger partial charge on any atom is 0.407 e. The van der Waals surface area contributed by atoms with Crippen LogP contribution < -0.4 is 11.1 Å². The van der Waals surface area contributed by atoms with Gasteiger partial charge in [0.15, 0.2) is 11.6 Å². The van der Waals surface area contributed by atoms with Crippen molar-refractivity contribution in [1.29, 1.82) is 0 Å². The Hall–Kier alpha value is -2.03. The summed E-state index contributed by atoms with van der Waals surface area (Å²) in [5.41, 5.74) is 4.73. The lowest BCUT2D eigenvalue weighted by Crippen LogP contribution is -2.33. The van der Waals surface area contributed by atoms with E-state index >= 15 is 0 Å². The van der Waals surface area contributed by atoms with Crippen LogP contribution in [-0.4, -0.2) is 50.8 Å².